The fourth-order valence-corrected chi connectivity index (χ4v) is 4.51. The minimum absolute atomic E-state index is 0.00195. The smallest absolute Gasteiger partial charge is 0.410 e. The van der Waals surface area contributed by atoms with Crippen molar-refractivity contribution in [3.63, 3.8) is 0 Å². The average Bonchev–Trinajstić information content (AvgIpc) is 3.06. The van der Waals surface area contributed by atoms with E-state index >= 15 is 0 Å². The third-order valence-corrected chi connectivity index (χ3v) is 6.24. The average molecular weight is 465 g/mol. The van der Waals surface area contributed by atoms with Gasteiger partial charge in [-0.15, -0.1) is 11.3 Å². The Morgan fingerprint density at radius 1 is 1.18 bits per heavy atom. The molecular formula is C21H25BrN2O3S. The Hall–Kier alpha value is -1.86. The summed E-state index contributed by atoms with van der Waals surface area (Å²) in [5, 5.41) is 1.90. The standard InChI is InChI=1S/C21H25BrN2O3S/c1-21(2,3)27-20(26)23-10-11-24(19(25)17-9-12-28-18(17)22)16(14-23)13-15-7-5-4-6-8-15/h4-9,12,16H,10-11,13-14H2,1-3H3. The zero-order valence-corrected chi connectivity index (χ0v) is 18.8. The molecular weight excluding hydrogens is 440 g/mol. The van der Waals surface area contributed by atoms with Gasteiger partial charge in [0.25, 0.3) is 5.91 Å². The van der Waals surface area contributed by atoms with Gasteiger partial charge in [0.05, 0.1) is 15.4 Å². The molecule has 2 aromatic rings. The van der Waals surface area contributed by atoms with Crippen LogP contribution in [0.4, 0.5) is 4.79 Å². The number of thiophene rings is 1. The number of ether oxygens (including phenoxy) is 1. The van der Waals surface area contributed by atoms with Gasteiger partial charge in [-0.2, -0.15) is 0 Å². The summed E-state index contributed by atoms with van der Waals surface area (Å²) in [5.74, 6) is -0.00195. The Morgan fingerprint density at radius 2 is 1.89 bits per heavy atom. The van der Waals surface area contributed by atoms with Gasteiger partial charge in [0.15, 0.2) is 0 Å². The number of benzene rings is 1. The van der Waals surface area contributed by atoms with E-state index in [-0.39, 0.29) is 18.0 Å². The van der Waals surface area contributed by atoms with Gasteiger partial charge >= 0.3 is 6.09 Å². The van der Waals surface area contributed by atoms with Crippen LogP contribution in [0.2, 0.25) is 0 Å². The molecule has 0 aliphatic carbocycles. The van der Waals surface area contributed by atoms with Crippen molar-refractivity contribution in [3.05, 3.63) is 56.7 Å². The lowest BCUT2D eigenvalue weighted by Gasteiger charge is -2.41. The fourth-order valence-electron chi connectivity index (χ4n) is 3.28. The number of nitrogens with zero attached hydrogens (tertiary/aromatic N) is 2. The number of rotatable bonds is 3. The molecule has 2 heterocycles. The second-order valence-corrected chi connectivity index (χ2v) is 10.1. The van der Waals surface area contributed by atoms with Gasteiger partial charge in [-0.25, -0.2) is 4.79 Å². The highest BCUT2D eigenvalue weighted by atomic mass is 79.9. The van der Waals surface area contributed by atoms with E-state index in [1.54, 1.807) is 4.90 Å². The molecule has 0 N–H and O–H groups in total. The lowest BCUT2D eigenvalue weighted by molar-refractivity contribution is 0.00438. The van der Waals surface area contributed by atoms with Gasteiger partial charge in [0, 0.05) is 19.6 Å². The number of piperazine rings is 1. The lowest BCUT2D eigenvalue weighted by atomic mass is 10.0. The van der Waals surface area contributed by atoms with Crippen molar-refractivity contribution in [2.45, 2.75) is 38.8 Å². The van der Waals surface area contributed by atoms with Crippen molar-refractivity contribution in [1.29, 1.82) is 0 Å². The molecule has 7 heteroatoms. The predicted molar refractivity (Wildman–Crippen MR) is 115 cm³/mol. The Bertz CT molecular complexity index is 832. The molecule has 1 atom stereocenters. The molecule has 0 radical (unpaired) electrons. The van der Waals surface area contributed by atoms with E-state index in [0.717, 1.165) is 9.35 Å². The SMILES string of the molecule is CC(C)(C)OC(=O)N1CCN(C(=O)c2ccsc2Br)C(Cc2ccccc2)C1. The highest BCUT2D eigenvalue weighted by Crippen LogP contribution is 2.27. The summed E-state index contributed by atoms with van der Waals surface area (Å²) < 4.78 is 6.38. The Labute approximate surface area is 178 Å². The van der Waals surface area contributed by atoms with Gasteiger partial charge in [-0.3, -0.25) is 4.79 Å². The zero-order valence-electron chi connectivity index (χ0n) is 16.4. The Kier molecular flexibility index (Phi) is 6.45. The van der Waals surface area contributed by atoms with Crippen molar-refractivity contribution in [1.82, 2.24) is 9.80 Å². The number of carbonyl (C=O) groups is 2. The van der Waals surface area contributed by atoms with Gasteiger partial charge in [0.2, 0.25) is 0 Å². The van der Waals surface area contributed by atoms with E-state index in [0.29, 0.717) is 31.6 Å². The molecule has 1 aliphatic heterocycles. The monoisotopic (exact) mass is 464 g/mol. The summed E-state index contributed by atoms with van der Waals surface area (Å²) in [6.45, 7) is 6.99. The van der Waals surface area contributed by atoms with E-state index in [2.05, 4.69) is 28.1 Å². The maximum Gasteiger partial charge on any atom is 0.410 e. The number of halogens is 1. The fraction of sp³-hybridized carbons (Fsp3) is 0.429. The quantitative estimate of drug-likeness (QED) is 0.654. The van der Waals surface area contributed by atoms with Crippen LogP contribution < -0.4 is 0 Å². The van der Waals surface area contributed by atoms with Crippen LogP contribution in [0.5, 0.6) is 0 Å². The van der Waals surface area contributed by atoms with E-state index in [9.17, 15) is 9.59 Å². The van der Waals surface area contributed by atoms with Crippen LogP contribution in [-0.4, -0.2) is 53.1 Å². The zero-order chi connectivity index (χ0) is 20.3. The first kappa shape index (κ1) is 20.9. The first-order valence-electron chi connectivity index (χ1n) is 9.30. The summed E-state index contributed by atoms with van der Waals surface area (Å²) in [7, 11) is 0. The Balaban J connectivity index is 1.80. The summed E-state index contributed by atoms with van der Waals surface area (Å²) >= 11 is 4.97. The molecule has 1 fully saturated rings. The molecule has 1 unspecified atom stereocenters. The third kappa shape index (κ3) is 5.14. The summed E-state index contributed by atoms with van der Waals surface area (Å²) in [6, 6.07) is 11.8. The molecule has 150 valence electrons. The third-order valence-electron chi connectivity index (χ3n) is 4.56. The predicted octanol–water partition coefficient (Wildman–Crippen LogP) is 4.81. The summed E-state index contributed by atoms with van der Waals surface area (Å²) in [4.78, 5) is 29.3. The molecule has 2 amide bonds. The second-order valence-electron chi connectivity index (χ2n) is 7.88. The number of hydrogen-bond donors (Lipinski definition) is 0. The highest BCUT2D eigenvalue weighted by Gasteiger charge is 2.35. The molecule has 1 saturated heterocycles. The van der Waals surface area contributed by atoms with E-state index in [1.807, 2.05) is 55.3 Å². The maximum absolute atomic E-state index is 13.2. The van der Waals surface area contributed by atoms with E-state index < -0.39 is 5.60 Å². The maximum atomic E-state index is 13.2. The van der Waals surface area contributed by atoms with Crippen LogP contribution in [0, 0.1) is 0 Å². The van der Waals surface area contributed by atoms with Crippen LogP contribution in [0.25, 0.3) is 0 Å². The molecule has 1 aliphatic rings. The highest BCUT2D eigenvalue weighted by molar-refractivity contribution is 9.11. The molecule has 0 spiro atoms. The van der Waals surface area contributed by atoms with Crippen molar-refractivity contribution in [2.24, 2.45) is 0 Å². The normalized spacial score (nSPS) is 17.5. The van der Waals surface area contributed by atoms with Crippen molar-refractivity contribution in [2.75, 3.05) is 19.6 Å². The molecule has 5 nitrogen and oxygen atoms in total. The van der Waals surface area contributed by atoms with Crippen LogP contribution in [-0.2, 0) is 11.2 Å². The molecule has 3 rings (SSSR count). The first-order chi connectivity index (χ1) is 13.2. The molecule has 28 heavy (non-hydrogen) atoms. The molecule has 1 aromatic carbocycles. The number of carbonyl (C=O) groups excluding carboxylic acids is 2. The topological polar surface area (TPSA) is 49.9 Å². The number of hydrogen-bond acceptors (Lipinski definition) is 4. The summed E-state index contributed by atoms with van der Waals surface area (Å²) in [5.41, 5.74) is 1.27. The molecule has 0 saturated carbocycles. The van der Waals surface area contributed by atoms with E-state index in [1.165, 1.54) is 11.3 Å². The first-order valence-corrected chi connectivity index (χ1v) is 11.0. The van der Waals surface area contributed by atoms with Gasteiger partial charge < -0.3 is 14.5 Å². The minimum atomic E-state index is -0.541. The van der Waals surface area contributed by atoms with E-state index in [4.69, 9.17) is 4.74 Å². The van der Waals surface area contributed by atoms with Gasteiger partial charge in [-0.05, 0) is 60.1 Å². The Morgan fingerprint density at radius 3 is 2.50 bits per heavy atom. The summed E-state index contributed by atoms with van der Waals surface area (Å²) in [6.07, 6.45) is 0.363. The molecule has 1 aromatic heterocycles. The van der Waals surface area contributed by atoms with Crippen LogP contribution in [0.3, 0.4) is 0 Å². The van der Waals surface area contributed by atoms with Crippen LogP contribution >= 0.6 is 27.3 Å². The van der Waals surface area contributed by atoms with Crippen LogP contribution in [0.1, 0.15) is 36.7 Å². The second kappa shape index (κ2) is 8.66. The largest absolute Gasteiger partial charge is 0.444 e. The lowest BCUT2D eigenvalue weighted by Crippen LogP contribution is -2.57. The molecule has 0 bridgehead atoms. The minimum Gasteiger partial charge on any atom is -0.444 e. The number of amides is 2. The van der Waals surface area contributed by atoms with Crippen molar-refractivity contribution >= 4 is 39.3 Å². The van der Waals surface area contributed by atoms with Gasteiger partial charge in [-0.1, -0.05) is 30.3 Å². The van der Waals surface area contributed by atoms with Gasteiger partial charge in [0.1, 0.15) is 5.60 Å². The van der Waals surface area contributed by atoms with Crippen LogP contribution in [0.15, 0.2) is 45.6 Å². The van der Waals surface area contributed by atoms with Crippen molar-refractivity contribution in [3.8, 4) is 0 Å². The van der Waals surface area contributed by atoms with Crippen molar-refractivity contribution < 1.29 is 14.3 Å².